The Hall–Kier alpha value is -2.38. The van der Waals surface area contributed by atoms with E-state index in [2.05, 4.69) is 53.3 Å². The average molecular weight is 442 g/mol. The lowest BCUT2D eigenvalue weighted by molar-refractivity contribution is 0.147. The maximum absolute atomic E-state index is 13.4. The molecule has 2 amide bonds. The Morgan fingerprint density at radius 2 is 1.90 bits per heavy atom. The number of nitrogens with one attached hydrogen (secondary N) is 1. The summed E-state index contributed by atoms with van der Waals surface area (Å²) < 4.78 is 26.7. The highest BCUT2D eigenvalue weighted by Crippen LogP contribution is 2.29. The Bertz CT molecular complexity index is 1050. The minimum atomic E-state index is -3.36. The first-order valence-corrected chi connectivity index (χ1v) is 12.9. The molecule has 2 heterocycles. The second kappa shape index (κ2) is 9.01. The standard InChI is InChI=1S/C24H31N3O3S/c1-3-26-14-7-11-19-9-4-5-12-21(19)20-10-6-8-18(16-20)17-23-22(25-31(2,29)30)13-15-27(23)24(26)28/h4-6,8-10,12,16,22-23,25H,3,7,11,13-15,17H2,1-2H3. The van der Waals surface area contributed by atoms with Crippen LogP contribution in [0.15, 0.2) is 48.5 Å². The fourth-order valence-electron chi connectivity index (χ4n) is 4.91. The first-order chi connectivity index (χ1) is 14.9. The molecular formula is C24H31N3O3S. The summed E-state index contributed by atoms with van der Waals surface area (Å²) in [6, 6.07) is 16.4. The number of fused-ring (bicyclic) bond motifs is 5. The number of carbonyl (C=O) groups is 1. The fourth-order valence-corrected chi connectivity index (χ4v) is 5.74. The van der Waals surface area contributed by atoms with Crippen LogP contribution >= 0.6 is 0 Å². The number of nitrogens with zero attached hydrogens (tertiary/aromatic N) is 2. The minimum absolute atomic E-state index is 0.00832. The molecule has 2 unspecified atom stereocenters. The smallest absolute Gasteiger partial charge is 0.320 e. The second-order valence-corrected chi connectivity index (χ2v) is 10.4. The van der Waals surface area contributed by atoms with Crippen molar-refractivity contribution in [2.45, 2.75) is 44.7 Å². The predicted octanol–water partition coefficient (Wildman–Crippen LogP) is 3.28. The summed E-state index contributed by atoms with van der Waals surface area (Å²) in [5, 5.41) is 0. The number of aryl methyl sites for hydroxylation is 1. The number of sulfonamides is 1. The van der Waals surface area contributed by atoms with Crippen LogP contribution < -0.4 is 4.72 Å². The SMILES string of the molecule is CCN1CCCc2ccccc2-c2cccc(c2)CC2C(NS(C)(=O)=O)CCN2C1=O. The molecule has 0 aliphatic carbocycles. The quantitative estimate of drug-likeness (QED) is 0.795. The monoisotopic (exact) mass is 441 g/mol. The van der Waals surface area contributed by atoms with Gasteiger partial charge in [0, 0.05) is 25.7 Å². The number of hydrogen-bond donors (Lipinski definition) is 1. The van der Waals surface area contributed by atoms with Crippen LogP contribution in [0.5, 0.6) is 0 Å². The second-order valence-electron chi connectivity index (χ2n) is 8.57. The van der Waals surface area contributed by atoms with E-state index in [0.717, 1.165) is 18.4 Å². The van der Waals surface area contributed by atoms with Gasteiger partial charge in [0.05, 0.1) is 12.3 Å². The number of carbonyl (C=O) groups excluding carboxylic acids is 1. The highest BCUT2D eigenvalue weighted by atomic mass is 32.2. The normalized spacial score (nSPS) is 22.2. The van der Waals surface area contributed by atoms with Gasteiger partial charge in [0.2, 0.25) is 10.0 Å². The summed E-state index contributed by atoms with van der Waals surface area (Å²) in [5.41, 5.74) is 4.80. The number of hydrogen-bond acceptors (Lipinski definition) is 3. The minimum Gasteiger partial charge on any atom is -0.325 e. The van der Waals surface area contributed by atoms with Crippen molar-refractivity contribution in [1.82, 2.24) is 14.5 Å². The molecule has 1 fully saturated rings. The van der Waals surface area contributed by atoms with Crippen LogP contribution in [0.2, 0.25) is 0 Å². The van der Waals surface area contributed by atoms with E-state index in [9.17, 15) is 13.2 Å². The van der Waals surface area contributed by atoms with E-state index in [4.69, 9.17) is 0 Å². The summed E-state index contributed by atoms with van der Waals surface area (Å²) in [4.78, 5) is 17.2. The summed E-state index contributed by atoms with van der Waals surface area (Å²) in [6.07, 6.45) is 4.23. The van der Waals surface area contributed by atoms with Gasteiger partial charge in [0.25, 0.3) is 0 Å². The molecule has 0 spiro atoms. The molecule has 2 bridgehead atoms. The molecule has 1 saturated heterocycles. The molecular weight excluding hydrogens is 410 g/mol. The Morgan fingerprint density at radius 3 is 2.68 bits per heavy atom. The van der Waals surface area contributed by atoms with Crippen LogP contribution in [0.1, 0.15) is 30.9 Å². The van der Waals surface area contributed by atoms with Gasteiger partial charge in [-0.3, -0.25) is 0 Å². The number of benzene rings is 2. The predicted molar refractivity (Wildman–Crippen MR) is 123 cm³/mol. The van der Waals surface area contributed by atoms with Crippen molar-refractivity contribution in [1.29, 1.82) is 0 Å². The molecule has 0 aromatic heterocycles. The third-order valence-corrected chi connectivity index (χ3v) is 7.11. The molecule has 4 rings (SSSR count). The summed E-state index contributed by atoms with van der Waals surface area (Å²) in [5.74, 6) is 0. The van der Waals surface area contributed by atoms with Crippen molar-refractivity contribution >= 4 is 16.1 Å². The fraction of sp³-hybridized carbons (Fsp3) is 0.458. The highest BCUT2D eigenvalue weighted by molar-refractivity contribution is 7.88. The molecule has 6 nitrogen and oxygen atoms in total. The Labute approximate surface area is 185 Å². The number of urea groups is 1. The average Bonchev–Trinajstić information content (AvgIpc) is 3.11. The van der Waals surface area contributed by atoms with Gasteiger partial charge in [0.15, 0.2) is 0 Å². The molecule has 166 valence electrons. The van der Waals surface area contributed by atoms with Crippen molar-refractivity contribution in [2.75, 3.05) is 25.9 Å². The molecule has 2 aliphatic rings. The summed E-state index contributed by atoms with van der Waals surface area (Å²) in [6.45, 7) is 3.90. The van der Waals surface area contributed by atoms with Crippen molar-refractivity contribution in [2.24, 2.45) is 0 Å². The number of rotatable bonds is 3. The van der Waals surface area contributed by atoms with Gasteiger partial charge in [-0.15, -0.1) is 0 Å². The van der Waals surface area contributed by atoms with Gasteiger partial charge in [-0.05, 0) is 54.9 Å². The van der Waals surface area contributed by atoms with Crippen LogP contribution in [-0.4, -0.2) is 62.2 Å². The molecule has 0 radical (unpaired) electrons. The van der Waals surface area contributed by atoms with Crippen molar-refractivity contribution in [3.8, 4) is 11.1 Å². The van der Waals surface area contributed by atoms with E-state index in [1.165, 1.54) is 22.9 Å². The van der Waals surface area contributed by atoms with Gasteiger partial charge in [-0.1, -0.05) is 48.5 Å². The number of amides is 2. The Balaban J connectivity index is 1.75. The van der Waals surface area contributed by atoms with Gasteiger partial charge < -0.3 is 9.80 Å². The molecule has 2 aromatic carbocycles. The van der Waals surface area contributed by atoms with Crippen LogP contribution in [0.3, 0.4) is 0 Å². The van der Waals surface area contributed by atoms with Crippen LogP contribution in [0, 0.1) is 0 Å². The zero-order valence-electron chi connectivity index (χ0n) is 18.3. The molecule has 7 heteroatoms. The van der Waals surface area contributed by atoms with Gasteiger partial charge in [-0.2, -0.15) is 0 Å². The lowest BCUT2D eigenvalue weighted by Gasteiger charge is -2.33. The lowest BCUT2D eigenvalue weighted by Crippen LogP contribution is -2.51. The van der Waals surface area contributed by atoms with E-state index in [1.54, 1.807) is 0 Å². The first-order valence-electron chi connectivity index (χ1n) is 11.1. The van der Waals surface area contributed by atoms with Gasteiger partial charge in [0.1, 0.15) is 0 Å². The molecule has 31 heavy (non-hydrogen) atoms. The summed E-state index contributed by atoms with van der Waals surface area (Å²) >= 11 is 0. The molecule has 2 aliphatic heterocycles. The zero-order chi connectivity index (χ0) is 22.0. The van der Waals surface area contributed by atoms with Crippen LogP contribution in [0.4, 0.5) is 4.79 Å². The largest absolute Gasteiger partial charge is 0.325 e. The molecule has 2 aromatic rings. The van der Waals surface area contributed by atoms with E-state index in [0.29, 0.717) is 32.5 Å². The Morgan fingerprint density at radius 1 is 1.10 bits per heavy atom. The van der Waals surface area contributed by atoms with Crippen molar-refractivity contribution < 1.29 is 13.2 Å². The van der Waals surface area contributed by atoms with E-state index in [1.807, 2.05) is 16.7 Å². The van der Waals surface area contributed by atoms with Gasteiger partial charge in [-0.25, -0.2) is 17.9 Å². The third-order valence-electron chi connectivity index (χ3n) is 6.38. The third kappa shape index (κ3) is 4.93. The maximum Gasteiger partial charge on any atom is 0.320 e. The van der Waals surface area contributed by atoms with Crippen molar-refractivity contribution in [3.05, 3.63) is 59.7 Å². The molecule has 2 atom stereocenters. The highest BCUT2D eigenvalue weighted by Gasteiger charge is 2.39. The van der Waals surface area contributed by atoms with Crippen molar-refractivity contribution in [3.63, 3.8) is 0 Å². The zero-order valence-corrected chi connectivity index (χ0v) is 19.1. The maximum atomic E-state index is 13.4. The summed E-state index contributed by atoms with van der Waals surface area (Å²) in [7, 11) is -3.36. The lowest BCUT2D eigenvalue weighted by atomic mass is 9.93. The van der Waals surface area contributed by atoms with Gasteiger partial charge >= 0.3 is 6.03 Å². The molecule has 1 N–H and O–H groups in total. The van der Waals surface area contributed by atoms with Crippen LogP contribution in [-0.2, 0) is 22.9 Å². The van der Waals surface area contributed by atoms with E-state index >= 15 is 0 Å². The topological polar surface area (TPSA) is 69.7 Å². The Kier molecular flexibility index (Phi) is 6.34. The molecule has 0 saturated carbocycles. The first kappa shape index (κ1) is 21.8. The van der Waals surface area contributed by atoms with E-state index in [-0.39, 0.29) is 18.1 Å². The van der Waals surface area contributed by atoms with Crippen LogP contribution in [0.25, 0.3) is 11.1 Å². The van der Waals surface area contributed by atoms with E-state index < -0.39 is 10.0 Å².